The molecule has 0 radical (unpaired) electrons. The van der Waals surface area contributed by atoms with Gasteiger partial charge in [-0.2, -0.15) is 0 Å². The first-order valence-electron chi connectivity index (χ1n) is 6.16. The zero-order chi connectivity index (χ0) is 14.5. The molecule has 20 heavy (non-hydrogen) atoms. The number of H-pyrrole nitrogens is 1. The van der Waals surface area contributed by atoms with E-state index < -0.39 is 5.97 Å². The van der Waals surface area contributed by atoms with Crippen LogP contribution in [0.2, 0.25) is 0 Å². The molecule has 108 valence electrons. The van der Waals surface area contributed by atoms with Gasteiger partial charge in [-0.05, 0) is 12.1 Å². The van der Waals surface area contributed by atoms with Crippen LogP contribution in [0.5, 0.6) is 0 Å². The van der Waals surface area contributed by atoms with Crippen molar-refractivity contribution in [3.63, 3.8) is 0 Å². The Labute approximate surface area is 114 Å². The van der Waals surface area contributed by atoms with E-state index in [4.69, 9.17) is 14.6 Å². The van der Waals surface area contributed by atoms with Crippen LogP contribution in [0.15, 0.2) is 23.0 Å². The highest BCUT2D eigenvalue weighted by Gasteiger charge is 2.13. The summed E-state index contributed by atoms with van der Waals surface area (Å²) in [5.41, 5.74) is 0.634. The molecule has 0 fully saturated rings. The predicted molar refractivity (Wildman–Crippen MR) is 72.2 cm³/mol. The summed E-state index contributed by atoms with van der Waals surface area (Å²) in [5.74, 6) is -1.07. The van der Waals surface area contributed by atoms with E-state index in [1.54, 1.807) is 19.2 Å². The number of carboxylic acid groups (broad SMARTS) is 1. The number of nitrogens with one attached hydrogen (secondary N) is 1. The number of ether oxygens (including phenoxy) is 2. The fraction of sp³-hybridized carbons (Fsp3) is 0.385. The van der Waals surface area contributed by atoms with Crippen LogP contribution < -0.4 is 5.69 Å². The van der Waals surface area contributed by atoms with E-state index in [2.05, 4.69) is 4.98 Å². The molecule has 7 nitrogen and oxygen atoms in total. The molecular formula is C13H16N2O5. The van der Waals surface area contributed by atoms with E-state index in [9.17, 15) is 9.59 Å². The molecule has 0 aliphatic heterocycles. The number of hydrogen-bond acceptors (Lipinski definition) is 4. The third kappa shape index (κ3) is 2.89. The average Bonchev–Trinajstić information content (AvgIpc) is 2.74. The van der Waals surface area contributed by atoms with E-state index in [0.717, 1.165) is 0 Å². The van der Waals surface area contributed by atoms with Crippen LogP contribution in [-0.2, 0) is 16.0 Å². The van der Waals surface area contributed by atoms with Crippen molar-refractivity contribution in [2.45, 2.75) is 6.54 Å². The fourth-order valence-corrected chi connectivity index (χ4v) is 1.98. The van der Waals surface area contributed by atoms with Crippen molar-refractivity contribution in [2.24, 2.45) is 0 Å². The van der Waals surface area contributed by atoms with Gasteiger partial charge in [-0.25, -0.2) is 9.59 Å². The van der Waals surface area contributed by atoms with Gasteiger partial charge in [0.1, 0.15) is 0 Å². The molecule has 1 heterocycles. The van der Waals surface area contributed by atoms with Crippen LogP contribution in [0.3, 0.4) is 0 Å². The fourth-order valence-electron chi connectivity index (χ4n) is 1.98. The van der Waals surface area contributed by atoms with Crippen LogP contribution in [0.4, 0.5) is 0 Å². The summed E-state index contributed by atoms with van der Waals surface area (Å²) in [6.45, 7) is 1.65. The predicted octanol–water partition coefficient (Wildman–Crippen LogP) is 0.691. The number of aromatic carboxylic acids is 1. The smallest absolute Gasteiger partial charge is 0.337 e. The summed E-state index contributed by atoms with van der Waals surface area (Å²) in [6.07, 6.45) is 0. The Kier molecular flexibility index (Phi) is 4.54. The summed E-state index contributed by atoms with van der Waals surface area (Å²) in [6, 6.07) is 4.77. The maximum absolute atomic E-state index is 11.9. The minimum Gasteiger partial charge on any atom is -0.478 e. The monoisotopic (exact) mass is 280 g/mol. The maximum atomic E-state index is 11.9. The number of carboxylic acids is 1. The highest BCUT2D eigenvalue weighted by atomic mass is 16.5. The molecule has 0 amide bonds. The van der Waals surface area contributed by atoms with Gasteiger partial charge in [0, 0.05) is 7.11 Å². The van der Waals surface area contributed by atoms with E-state index in [1.807, 2.05) is 0 Å². The SMILES string of the molecule is COCCOCCn1c(=O)[nH]c2c(C(=O)O)cccc21. The Morgan fingerprint density at radius 1 is 1.35 bits per heavy atom. The topological polar surface area (TPSA) is 93.5 Å². The Morgan fingerprint density at radius 2 is 2.15 bits per heavy atom. The average molecular weight is 280 g/mol. The molecule has 0 saturated heterocycles. The summed E-state index contributed by atoms with van der Waals surface area (Å²) < 4.78 is 11.6. The number of rotatable bonds is 7. The minimum atomic E-state index is -1.07. The second-order valence-corrected chi connectivity index (χ2v) is 4.19. The first-order chi connectivity index (χ1) is 9.65. The minimum absolute atomic E-state index is 0.0821. The standard InChI is InChI=1S/C13H16N2O5/c1-19-7-8-20-6-5-15-10-4-2-3-9(12(16)17)11(10)14-13(15)18/h2-4H,5-8H2,1H3,(H,14,18)(H,16,17). The third-order valence-electron chi connectivity index (χ3n) is 2.93. The Balaban J connectivity index is 2.21. The molecule has 0 aliphatic rings. The van der Waals surface area contributed by atoms with Crippen LogP contribution in [-0.4, -0.2) is 47.6 Å². The first-order valence-corrected chi connectivity index (χ1v) is 6.16. The van der Waals surface area contributed by atoms with Crippen molar-refractivity contribution in [1.82, 2.24) is 9.55 Å². The van der Waals surface area contributed by atoms with Gasteiger partial charge in [0.2, 0.25) is 0 Å². The van der Waals surface area contributed by atoms with E-state index in [0.29, 0.717) is 37.4 Å². The van der Waals surface area contributed by atoms with Crippen molar-refractivity contribution in [2.75, 3.05) is 26.9 Å². The van der Waals surface area contributed by atoms with Crippen LogP contribution in [0.25, 0.3) is 11.0 Å². The molecule has 0 bridgehead atoms. The maximum Gasteiger partial charge on any atom is 0.337 e. The van der Waals surface area contributed by atoms with Gasteiger partial charge in [-0.15, -0.1) is 0 Å². The molecule has 1 aromatic heterocycles. The molecule has 2 N–H and O–H groups in total. The number of fused-ring (bicyclic) bond motifs is 1. The zero-order valence-corrected chi connectivity index (χ0v) is 11.1. The summed E-state index contributed by atoms with van der Waals surface area (Å²) in [7, 11) is 1.58. The van der Waals surface area contributed by atoms with Gasteiger partial charge in [0.15, 0.2) is 0 Å². The highest BCUT2D eigenvalue weighted by molar-refractivity contribution is 6.00. The largest absolute Gasteiger partial charge is 0.478 e. The molecule has 0 saturated carbocycles. The zero-order valence-electron chi connectivity index (χ0n) is 11.1. The lowest BCUT2D eigenvalue weighted by molar-refractivity contribution is 0.0667. The summed E-state index contributed by atoms with van der Waals surface area (Å²) in [4.78, 5) is 25.5. The number of para-hydroxylation sites is 1. The number of imidazole rings is 1. The lowest BCUT2D eigenvalue weighted by atomic mass is 10.2. The van der Waals surface area contributed by atoms with Crippen LogP contribution in [0.1, 0.15) is 10.4 Å². The first kappa shape index (κ1) is 14.3. The lowest BCUT2D eigenvalue weighted by Gasteiger charge is -2.05. The number of benzene rings is 1. The Morgan fingerprint density at radius 3 is 2.85 bits per heavy atom. The second-order valence-electron chi connectivity index (χ2n) is 4.19. The van der Waals surface area contributed by atoms with Gasteiger partial charge in [0.25, 0.3) is 0 Å². The number of hydrogen-bond donors (Lipinski definition) is 2. The summed E-state index contributed by atoms with van der Waals surface area (Å²) >= 11 is 0. The molecule has 7 heteroatoms. The van der Waals surface area contributed by atoms with Gasteiger partial charge >= 0.3 is 11.7 Å². The van der Waals surface area contributed by atoms with Crippen molar-refractivity contribution in [3.8, 4) is 0 Å². The van der Waals surface area contributed by atoms with E-state index in [-0.39, 0.29) is 11.3 Å². The molecule has 0 unspecified atom stereocenters. The Bertz CT molecular complexity index is 658. The number of aromatic amines is 1. The van der Waals surface area contributed by atoms with Crippen molar-refractivity contribution >= 4 is 17.0 Å². The molecule has 0 atom stereocenters. The number of carbonyl (C=O) groups is 1. The number of nitrogens with zero attached hydrogens (tertiary/aromatic N) is 1. The van der Waals surface area contributed by atoms with Gasteiger partial charge < -0.3 is 19.6 Å². The highest BCUT2D eigenvalue weighted by Crippen LogP contribution is 2.15. The lowest BCUT2D eigenvalue weighted by Crippen LogP contribution is -2.20. The van der Waals surface area contributed by atoms with Gasteiger partial charge in [-0.3, -0.25) is 4.57 Å². The molecule has 1 aromatic carbocycles. The van der Waals surface area contributed by atoms with Crippen molar-refractivity contribution < 1.29 is 19.4 Å². The van der Waals surface area contributed by atoms with Gasteiger partial charge in [0.05, 0.1) is 43.0 Å². The molecular weight excluding hydrogens is 264 g/mol. The van der Waals surface area contributed by atoms with E-state index in [1.165, 1.54) is 10.6 Å². The number of aromatic nitrogens is 2. The quantitative estimate of drug-likeness (QED) is 0.728. The molecule has 2 rings (SSSR count). The van der Waals surface area contributed by atoms with Crippen LogP contribution >= 0.6 is 0 Å². The molecule has 2 aromatic rings. The molecule has 0 spiro atoms. The van der Waals surface area contributed by atoms with E-state index >= 15 is 0 Å². The van der Waals surface area contributed by atoms with Crippen molar-refractivity contribution in [3.05, 3.63) is 34.2 Å². The Hall–Kier alpha value is -2.12. The van der Waals surface area contributed by atoms with Crippen LogP contribution in [0, 0.1) is 0 Å². The number of methoxy groups -OCH3 is 1. The molecule has 0 aliphatic carbocycles. The van der Waals surface area contributed by atoms with Gasteiger partial charge in [-0.1, -0.05) is 6.07 Å². The summed E-state index contributed by atoms with van der Waals surface area (Å²) in [5, 5.41) is 9.09. The van der Waals surface area contributed by atoms with Crippen molar-refractivity contribution in [1.29, 1.82) is 0 Å². The second kappa shape index (κ2) is 6.36. The normalized spacial score (nSPS) is 11.1. The third-order valence-corrected chi connectivity index (χ3v) is 2.93.